The van der Waals surface area contributed by atoms with Gasteiger partial charge in [-0.15, -0.1) is 0 Å². The van der Waals surface area contributed by atoms with Crippen LogP contribution in [0.4, 0.5) is 10.5 Å². The molecule has 0 aromatic heterocycles. The number of primary amides is 1. The van der Waals surface area contributed by atoms with Gasteiger partial charge in [0.25, 0.3) is 5.91 Å². The zero-order valence-electron chi connectivity index (χ0n) is 24.9. The number of benzene rings is 1. The fourth-order valence-electron chi connectivity index (χ4n) is 4.82. The Morgan fingerprint density at radius 1 is 1.07 bits per heavy atom. The molecule has 0 unspecified atom stereocenters. The van der Waals surface area contributed by atoms with Crippen LogP contribution in [0.5, 0.6) is 17.2 Å². The van der Waals surface area contributed by atoms with Gasteiger partial charge in [-0.1, -0.05) is 36.8 Å². The number of fused-ring (bicyclic) bond motifs is 2. The molecule has 5 N–H and O–H groups in total. The standard InChI is InChI=1S/C30H42N2O9/c1-16-12-20-25(34)21(15-22(33)28(20)40-8)32-29(35)17(2)10-9-11-23(37-5)27(41-30(31)36)19(4)14-18(3)26(39-7)24(13-16)38-6/h9-12,14-15,18,23-24,26-27,33-34H,13H2,1-8H3,(H2,31,36)(H,32,35)/b11-9-,16-12-,17-10+,19-14+/t18-,23-,24-,26+,27-/m0/s1. The Kier molecular flexibility index (Phi) is 12.4. The van der Waals surface area contributed by atoms with Crippen molar-refractivity contribution in [3.8, 4) is 17.2 Å². The summed E-state index contributed by atoms with van der Waals surface area (Å²) in [5.41, 5.74) is 7.31. The quantitative estimate of drug-likeness (QED) is 0.226. The summed E-state index contributed by atoms with van der Waals surface area (Å²) in [5, 5.41) is 24.3. The molecular weight excluding hydrogens is 532 g/mol. The topological polar surface area (TPSA) is 159 Å². The lowest BCUT2D eigenvalue weighted by atomic mass is 9.91. The predicted octanol–water partition coefficient (Wildman–Crippen LogP) is 4.45. The molecule has 226 valence electrons. The third-order valence-corrected chi connectivity index (χ3v) is 6.89. The largest absolute Gasteiger partial charge is 0.505 e. The molecule has 0 saturated heterocycles. The highest BCUT2D eigenvalue weighted by atomic mass is 16.6. The van der Waals surface area contributed by atoms with E-state index in [0.29, 0.717) is 12.0 Å². The maximum Gasteiger partial charge on any atom is 0.405 e. The summed E-state index contributed by atoms with van der Waals surface area (Å²) in [7, 11) is 5.99. The van der Waals surface area contributed by atoms with Gasteiger partial charge in [-0.2, -0.15) is 0 Å². The number of nitrogens with one attached hydrogen (secondary N) is 1. The zero-order chi connectivity index (χ0) is 30.9. The molecule has 1 aromatic rings. The molecule has 0 aliphatic carbocycles. The number of rotatable bonds is 5. The molecule has 0 fully saturated rings. The lowest BCUT2D eigenvalue weighted by Gasteiger charge is -2.30. The number of aromatic hydroxyl groups is 2. The van der Waals surface area contributed by atoms with E-state index in [4.69, 9.17) is 29.4 Å². The minimum absolute atomic E-state index is 0.00167. The first-order chi connectivity index (χ1) is 19.4. The predicted molar refractivity (Wildman–Crippen MR) is 156 cm³/mol. The number of carbonyl (C=O) groups is 2. The summed E-state index contributed by atoms with van der Waals surface area (Å²) in [6.07, 6.45) is 5.32. The van der Waals surface area contributed by atoms with Crippen molar-refractivity contribution in [2.45, 2.75) is 58.5 Å². The fraction of sp³-hybridized carbons (Fsp3) is 0.467. The number of hydrogen-bond donors (Lipinski definition) is 4. The molecule has 2 rings (SSSR count). The molecule has 0 spiro atoms. The van der Waals surface area contributed by atoms with Crippen LogP contribution >= 0.6 is 0 Å². The highest BCUT2D eigenvalue weighted by Gasteiger charge is 2.30. The van der Waals surface area contributed by atoms with Crippen LogP contribution < -0.4 is 15.8 Å². The monoisotopic (exact) mass is 574 g/mol. The van der Waals surface area contributed by atoms with E-state index in [1.54, 1.807) is 46.3 Å². The Morgan fingerprint density at radius 2 is 1.76 bits per heavy atom. The molecule has 5 atom stereocenters. The molecule has 2 amide bonds. The van der Waals surface area contributed by atoms with E-state index in [9.17, 15) is 19.8 Å². The summed E-state index contributed by atoms with van der Waals surface area (Å²) in [4.78, 5) is 24.7. The van der Waals surface area contributed by atoms with E-state index in [-0.39, 0.29) is 40.0 Å². The van der Waals surface area contributed by atoms with E-state index in [1.165, 1.54) is 26.4 Å². The third kappa shape index (κ3) is 8.59. The number of nitrogens with two attached hydrogens (primary N) is 1. The van der Waals surface area contributed by atoms with E-state index in [1.807, 2.05) is 19.9 Å². The van der Waals surface area contributed by atoms with Crippen molar-refractivity contribution in [2.24, 2.45) is 11.7 Å². The van der Waals surface area contributed by atoms with Gasteiger partial charge in [0.15, 0.2) is 17.6 Å². The van der Waals surface area contributed by atoms with Crippen molar-refractivity contribution in [3.63, 3.8) is 0 Å². The van der Waals surface area contributed by atoms with E-state index >= 15 is 0 Å². The Hall–Kier alpha value is -3.80. The van der Waals surface area contributed by atoms with Gasteiger partial charge in [0.2, 0.25) is 0 Å². The van der Waals surface area contributed by atoms with E-state index in [2.05, 4.69) is 5.32 Å². The molecule has 1 aromatic carbocycles. The molecule has 11 heteroatoms. The number of ether oxygens (including phenoxy) is 5. The van der Waals surface area contributed by atoms with E-state index < -0.39 is 36.4 Å². The van der Waals surface area contributed by atoms with Crippen LogP contribution in [-0.2, 0) is 23.7 Å². The zero-order valence-corrected chi connectivity index (χ0v) is 24.9. The van der Waals surface area contributed by atoms with Crippen LogP contribution in [-0.4, -0.2) is 75.1 Å². The van der Waals surface area contributed by atoms with Gasteiger partial charge < -0.3 is 44.9 Å². The number of phenolic OH excluding ortho intramolecular Hbond substituents is 2. The molecule has 11 nitrogen and oxygen atoms in total. The Morgan fingerprint density at radius 3 is 2.32 bits per heavy atom. The highest BCUT2D eigenvalue weighted by Crippen LogP contribution is 2.43. The molecule has 1 heterocycles. The van der Waals surface area contributed by atoms with Crippen molar-refractivity contribution in [2.75, 3.05) is 33.8 Å². The smallest absolute Gasteiger partial charge is 0.405 e. The second-order valence-corrected chi connectivity index (χ2v) is 9.92. The molecule has 1 aliphatic heterocycles. The minimum atomic E-state index is -0.964. The summed E-state index contributed by atoms with van der Waals surface area (Å²) in [6.45, 7) is 7.17. The second kappa shape index (κ2) is 15.3. The normalized spacial score (nSPS) is 29.1. The minimum Gasteiger partial charge on any atom is -0.505 e. The van der Waals surface area contributed by atoms with Gasteiger partial charge >= 0.3 is 6.09 Å². The number of amides is 2. The number of hydrogen-bond acceptors (Lipinski definition) is 9. The third-order valence-electron chi connectivity index (χ3n) is 6.89. The van der Waals surface area contributed by atoms with Gasteiger partial charge in [0.05, 0.1) is 30.6 Å². The van der Waals surface area contributed by atoms with Crippen LogP contribution in [0.2, 0.25) is 0 Å². The van der Waals surface area contributed by atoms with Gasteiger partial charge in [0.1, 0.15) is 11.9 Å². The average molecular weight is 575 g/mol. The second-order valence-electron chi connectivity index (χ2n) is 9.92. The lowest BCUT2D eigenvalue weighted by molar-refractivity contribution is -0.112. The van der Waals surface area contributed by atoms with Gasteiger partial charge in [-0.25, -0.2) is 4.79 Å². The number of phenols is 2. The van der Waals surface area contributed by atoms with Crippen molar-refractivity contribution >= 4 is 23.8 Å². The first-order valence-electron chi connectivity index (χ1n) is 13.1. The van der Waals surface area contributed by atoms with Crippen LogP contribution in [0.3, 0.4) is 0 Å². The van der Waals surface area contributed by atoms with Crippen molar-refractivity contribution in [3.05, 3.63) is 52.7 Å². The van der Waals surface area contributed by atoms with Gasteiger partial charge in [-0.05, 0) is 38.8 Å². The maximum atomic E-state index is 12.9. The first-order valence-corrected chi connectivity index (χ1v) is 13.1. The SMILES string of the molecule is COc1c(O)cc2c(O)c1/C=C(/C)C[C@H](OC)[C@H](OC)[C@@H](C)/C=C(\C)[C@H](OC(N)=O)[C@@H](OC)/C=C\C=C(/C)C(=O)N2. The molecule has 1 aliphatic rings. The van der Waals surface area contributed by atoms with Crippen LogP contribution in [0.15, 0.2) is 47.1 Å². The number of allylic oxidation sites excluding steroid dienone is 2. The highest BCUT2D eigenvalue weighted by molar-refractivity contribution is 6.05. The summed E-state index contributed by atoms with van der Waals surface area (Å²) >= 11 is 0. The molecule has 2 bridgehead atoms. The number of methoxy groups -OCH3 is 4. The molecule has 0 saturated carbocycles. The Labute approximate surface area is 241 Å². The number of carbonyl (C=O) groups excluding carboxylic acids is 2. The number of anilines is 1. The summed E-state index contributed by atoms with van der Waals surface area (Å²) in [6, 6.07) is 1.21. The lowest BCUT2D eigenvalue weighted by Crippen LogP contribution is -2.37. The van der Waals surface area contributed by atoms with Crippen LogP contribution in [0.1, 0.15) is 39.7 Å². The average Bonchev–Trinajstić information content (AvgIpc) is 2.91. The van der Waals surface area contributed by atoms with Gasteiger partial charge in [0, 0.05) is 38.9 Å². The molecule has 0 radical (unpaired) electrons. The molecular formula is C30H42N2O9. The van der Waals surface area contributed by atoms with Gasteiger partial charge in [-0.3, -0.25) is 4.79 Å². The van der Waals surface area contributed by atoms with Crippen molar-refractivity contribution < 1.29 is 43.5 Å². The fourth-order valence-corrected chi connectivity index (χ4v) is 4.82. The van der Waals surface area contributed by atoms with Crippen LogP contribution in [0, 0.1) is 5.92 Å². The van der Waals surface area contributed by atoms with E-state index in [0.717, 1.165) is 5.57 Å². The van der Waals surface area contributed by atoms with Crippen molar-refractivity contribution in [1.82, 2.24) is 0 Å². The Balaban J connectivity index is 2.75. The van der Waals surface area contributed by atoms with Crippen LogP contribution in [0.25, 0.3) is 6.08 Å². The first kappa shape index (κ1) is 33.4. The molecule has 41 heavy (non-hydrogen) atoms. The van der Waals surface area contributed by atoms with Crippen molar-refractivity contribution in [1.29, 1.82) is 0 Å². The summed E-state index contributed by atoms with van der Waals surface area (Å²) < 4.78 is 28.0. The Bertz CT molecular complexity index is 1220. The maximum absolute atomic E-state index is 12.9. The summed E-state index contributed by atoms with van der Waals surface area (Å²) in [5.74, 6) is -1.22.